The van der Waals surface area contributed by atoms with E-state index in [0.717, 1.165) is 28.7 Å². The molecule has 0 bridgehead atoms. The third-order valence-corrected chi connectivity index (χ3v) is 12.7. The van der Waals surface area contributed by atoms with Crippen LogP contribution in [0.1, 0.15) is 41.2 Å². The second kappa shape index (κ2) is 9.47. The van der Waals surface area contributed by atoms with Crippen LogP contribution in [0.5, 0.6) is 11.5 Å². The Kier molecular flexibility index (Phi) is 5.99. The van der Waals surface area contributed by atoms with Gasteiger partial charge in [-0.1, -0.05) is 91.0 Å². The van der Waals surface area contributed by atoms with Crippen LogP contribution in [-0.2, 0) is 9.13 Å². The van der Waals surface area contributed by atoms with Crippen molar-refractivity contribution in [3.05, 3.63) is 131 Å². The van der Waals surface area contributed by atoms with Crippen LogP contribution in [0, 0.1) is 0 Å². The lowest BCUT2D eigenvalue weighted by atomic mass is 9.96. The molecule has 4 aromatic carbocycles. The fourth-order valence-electron chi connectivity index (χ4n) is 5.74. The predicted octanol–water partition coefficient (Wildman–Crippen LogP) is 7.76. The molecule has 4 aromatic rings. The first kappa shape index (κ1) is 25.3. The average molecular weight is 569 g/mol. The summed E-state index contributed by atoms with van der Waals surface area (Å²) in [6, 6.07) is 28.4. The van der Waals surface area contributed by atoms with Gasteiger partial charge in [-0.25, -0.2) is 0 Å². The second-order valence-electron chi connectivity index (χ2n) is 10.1. The van der Waals surface area contributed by atoms with Crippen molar-refractivity contribution in [2.24, 2.45) is 0 Å². The maximum absolute atomic E-state index is 14.3. The average Bonchev–Trinajstić information content (AvgIpc) is 3.01. The molecular weight excluding hydrogens is 542 g/mol. The van der Waals surface area contributed by atoms with Gasteiger partial charge in [0.05, 0.1) is 10.6 Å². The molecular formula is C32H26O6P2. The van der Waals surface area contributed by atoms with Crippen LogP contribution in [0.15, 0.2) is 115 Å². The molecule has 4 atom stereocenters. The number of hydrogen-bond donors (Lipinski definition) is 2. The van der Waals surface area contributed by atoms with Gasteiger partial charge in [-0.15, -0.1) is 0 Å². The minimum Gasteiger partial charge on any atom is -0.437 e. The molecule has 1 aliphatic carbocycles. The molecule has 0 saturated heterocycles. The van der Waals surface area contributed by atoms with E-state index in [-0.39, 0.29) is 0 Å². The van der Waals surface area contributed by atoms with Crippen molar-refractivity contribution in [2.75, 3.05) is 0 Å². The zero-order valence-corrected chi connectivity index (χ0v) is 23.2. The largest absolute Gasteiger partial charge is 0.437 e. The van der Waals surface area contributed by atoms with Crippen molar-refractivity contribution >= 4 is 25.6 Å². The van der Waals surface area contributed by atoms with Crippen molar-refractivity contribution < 1.29 is 28.4 Å². The maximum Gasteiger partial charge on any atom is 0.310 e. The smallest absolute Gasteiger partial charge is 0.310 e. The molecule has 6 nitrogen and oxygen atoms in total. The molecule has 40 heavy (non-hydrogen) atoms. The van der Waals surface area contributed by atoms with E-state index in [9.17, 15) is 19.3 Å². The number of fused-ring (bicyclic) bond motifs is 5. The molecule has 0 saturated carbocycles. The van der Waals surface area contributed by atoms with Gasteiger partial charge < -0.3 is 19.3 Å². The van der Waals surface area contributed by atoms with Crippen LogP contribution in [0.25, 0.3) is 16.7 Å². The van der Waals surface area contributed by atoms with Gasteiger partial charge in [-0.2, -0.15) is 0 Å². The minimum absolute atomic E-state index is 0.360. The molecule has 4 unspecified atom stereocenters. The van der Waals surface area contributed by atoms with Crippen molar-refractivity contribution in [1.82, 2.24) is 0 Å². The van der Waals surface area contributed by atoms with Gasteiger partial charge in [0.1, 0.15) is 11.5 Å². The topological polar surface area (TPSA) is 93.1 Å². The summed E-state index contributed by atoms with van der Waals surface area (Å²) in [5, 5.41) is 23.8. The summed E-state index contributed by atoms with van der Waals surface area (Å²) in [5.74, 6) is -1.92. The molecule has 8 heteroatoms. The first-order valence-electron chi connectivity index (χ1n) is 13.1. The summed E-state index contributed by atoms with van der Waals surface area (Å²) >= 11 is 0. The van der Waals surface area contributed by atoms with Crippen molar-refractivity contribution in [3.8, 4) is 22.6 Å². The minimum atomic E-state index is -3.79. The predicted molar refractivity (Wildman–Crippen MR) is 156 cm³/mol. The van der Waals surface area contributed by atoms with Crippen LogP contribution < -0.4 is 14.4 Å². The summed E-state index contributed by atoms with van der Waals surface area (Å²) in [6.45, 7) is 0. The molecule has 3 aliphatic rings. The van der Waals surface area contributed by atoms with Crippen LogP contribution in [0.4, 0.5) is 0 Å². The van der Waals surface area contributed by atoms with Gasteiger partial charge in [0.2, 0.25) is 0 Å². The van der Waals surface area contributed by atoms with Crippen molar-refractivity contribution in [1.29, 1.82) is 0 Å². The lowest BCUT2D eigenvalue weighted by Crippen LogP contribution is -2.22. The highest BCUT2D eigenvalue weighted by Crippen LogP contribution is 2.70. The molecule has 2 aliphatic heterocycles. The van der Waals surface area contributed by atoms with E-state index < -0.39 is 26.4 Å². The first-order valence-corrected chi connectivity index (χ1v) is 16.5. The maximum atomic E-state index is 14.3. The monoisotopic (exact) mass is 568 g/mol. The number of hydrogen-bond acceptors (Lipinski definition) is 6. The molecule has 200 valence electrons. The summed E-state index contributed by atoms with van der Waals surface area (Å²) in [7, 11) is -7.53. The Labute approximate surface area is 232 Å². The molecule has 0 aromatic heterocycles. The van der Waals surface area contributed by atoms with E-state index in [4.69, 9.17) is 9.05 Å². The van der Waals surface area contributed by atoms with Crippen molar-refractivity contribution in [3.63, 3.8) is 0 Å². The SMILES string of the molecule is O=P1(C(O)c2ccc(C(O)P3(=O)Oc4ccccc4-c4ccccc43)cc2)Oc2ccccc2C2=C1C=CCC2. The van der Waals surface area contributed by atoms with E-state index in [1.807, 2.05) is 48.5 Å². The number of aliphatic hydroxyl groups excluding tert-OH is 2. The van der Waals surface area contributed by atoms with Crippen molar-refractivity contribution in [2.45, 2.75) is 24.5 Å². The number of allylic oxidation sites excluding steroid dienone is 4. The zero-order valence-electron chi connectivity index (χ0n) is 21.4. The number of rotatable bonds is 4. The molecule has 0 radical (unpaired) electrons. The van der Waals surface area contributed by atoms with Crippen LogP contribution in [0.3, 0.4) is 0 Å². The third kappa shape index (κ3) is 3.79. The number of aliphatic hydroxyl groups is 2. The zero-order chi connectivity index (χ0) is 27.5. The Morgan fingerprint density at radius 1 is 0.625 bits per heavy atom. The normalized spacial score (nSPS) is 23.9. The Balaban J connectivity index is 1.23. The van der Waals surface area contributed by atoms with E-state index in [1.165, 1.54) is 0 Å². The number of benzene rings is 4. The Morgan fingerprint density at radius 3 is 1.85 bits per heavy atom. The highest BCUT2D eigenvalue weighted by Gasteiger charge is 2.45. The fourth-order valence-corrected chi connectivity index (χ4v) is 10.4. The summed E-state index contributed by atoms with van der Waals surface area (Å²) in [5.41, 5.74) is 4.15. The molecule has 0 fully saturated rings. The van der Waals surface area contributed by atoms with E-state index >= 15 is 0 Å². The molecule has 7 rings (SSSR count). The molecule has 2 N–H and O–H groups in total. The molecule has 0 amide bonds. The summed E-state index contributed by atoms with van der Waals surface area (Å²) < 4.78 is 40.7. The van der Waals surface area contributed by atoms with Gasteiger partial charge in [-0.3, -0.25) is 9.13 Å². The third-order valence-electron chi connectivity index (χ3n) is 7.76. The Bertz CT molecular complexity index is 1810. The highest BCUT2D eigenvalue weighted by atomic mass is 31.2. The number of para-hydroxylation sites is 2. The van der Waals surface area contributed by atoms with E-state index in [2.05, 4.69) is 0 Å². The fraction of sp³-hybridized carbons (Fsp3) is 0.125. The van der Waals surface area contributed by atoms with Gasteiger partial charge in [0.15, 0.2) is 11.7 Å². The van der Waals surface area contributed by atoms with Gasteiger partial charge in [0, 0.05) is 11.1 Å². The lowest BCUT2D eigenvalue weighted by Gasteiger charge is -2.34. The first-order chi connectivity index (χ1) is 19.4. The Hall–Kier alpha value is -3.66. The van der Waals surface area contributed by atoms with E-state index in [1.54, 1.807) is 60.7 Å². The quantitative estimate of drug-likeness (QED) is 0.245. The van der Waals surface area contributed by atoms with Gasteiger partial charge in [-0.05, 0) is 53.3 Å². The molecule has 0 spiro atoms. The van der Waals surface area contributed by atoms with Gasteiger partial charge in [0.25, 0.3) is 0 Å². The lowest BCUT2D eigenvalue weighted by molar-refractivity contribution is 0.236. The molecule has 2 heterocycles. The second-order valence-corrected chi connectivity index (χ2v) is 14.8. The standard InChI is InChI=1S/C32H26O6P2/c33-31(39(35)29-15-7-3-11-25(29)23-9-1-5-13-27(23)37-39)21-17-19-22(20-18-21)32(34)40(36)30-16-8-4-12-26(30)24-10-2-6-14-28(24)38-40/h1-3,5-11,13-20,31-34H,4,12H2. The van der Waals surface area contributed by atoms with Crippen LogP contribution >= 0.6 is 14.7 Å². The van der Waals surface area contributed by atoms with Crippen LogP contribution in [-0.4, -0.2) is 10.2 Å². The summed E-state index contributed by atoms with van der Waals surface area (Å²) in [6.07, 6.45) is 5.30. The van der Waals surface area contributed by atoms with Gasteiger partial charge >= 0.3 is 14.7 Å². The summed E-state index contributed by atoms with van der Waals surface area (Å²) in [4.78, 5) is 0. The van der Waals surface area contributed by atoms with Crippen LogP contribution in [0.2, 0.25) is 0 Å². The van der Waals surface area contributed by atoms with E-state index in [0.29, 0.717) is 39.7 Å². The Morgan fingerprint density at radius 2 is 1.15 bits per heavy atom. The highest BCUT2D eigenvalue weighted by molar-refractivity contribution is 7.68.